The quantitative estimate of drug-likeness (QED) is 0.521. The van der Waals surface area contributed by atoms with Crippen molar-refractivity contribution < 1.29 is 4.79 Å². The number of allylic oxidation sites excluding steroid dienone is 2. The highest BCUT2D eigenvalue weighted by molar-refractivity contribution is 5.91. The van der Waals surface area contributed by atoms with Crippen LogP contribution in [0.1, 0.15) is 34.1 Å². The lowest BCUT2D eigenvalue weighted by Gasteiger charge is -2.41. The van der Waals surface area contributed by atoms with Crippen molar-refractivity contribution in [2.75, 3.05) is 0 Å². The maximum absolute atomic E-state index is 11.1. The highest BCUT2D eigenvalue weighted by atomic mass is 16.1. The van der Waals surface area contributed by atoms with Gasteiger partial charge in [0.05, 0.1) is 0 Å². The minimum Gasteiger partial charge on any atom is -0.295 e. The summed E-state index contributed by atoms with van der Waals surface area (Å²) in [5.74, 6) is 0.259. The van der Waals surface area contributed by atoms with Crippen molar-refractivity contribution in [3.05, 3.63) is 12.2 Å². The molecule has 1 heteroatoms. The fourth-order valence-corrected chi connectivity index (χ4v) is 1.25. The van der Waals surface area contributed by atoms with Crippen LogP contribution in [0.5, 0.6) is 0 Å². The Morgan fingerprint density at radius 3 is 2.18 bits per heavy atom. The van der Waals surface area contributed by atoms with E-state index in [2.05, 4.69) is 27.7 Å². The lowest BCUT2D eigenvalue weighted by molar-refractivity contribution is -0.118. The molecule has 0 amide bonds. The molecular formula is C10H16O. The third-order valence-electron chi connectivity index (χ3n) is 3.05. The minimum absolute atomic E-state index is 0.110. The lowest BCUT2D eigenvalue weighted by Crippen LogP contribution is -2.35. The first-order valence-electron chi connectivity index (χ1n) is 4.07. The first-order valence-corrected chi connectivity index (χ1v) is 4.07. The van der Waals surface area contributed by atoms with Crippen LogP contribution in [0.2, 0.25) is 0 Å². The second-order valence-electron chi connectivity index (χ2n) is 4.58. The Morgan fingerprint density at radius 2 is 1.82 bits per heavy atom. The van der Waals surface area contributed by atoms with Crippen molar-refractivity contribution in [3.63, 3.8) is 0 Å². The van der Waals surface area contributed by atoms with Crippen LogP contribution in [0.4, 0.5) is 0 Å². The normalized spacial score (nSPS) is 27.1. The standard InChI is InChI=1S/C10H16O/c1-9(2)6-5-8(11)7-10(9,3)4/h5-6H,7H2,1-4H3. The Labute approximate surface area is 68.5 Å². The van der Waals surface area contributed by atoms with Crippen molar-refractivity contribution >= 4 is 5.78 Å². The van der Waals surface area contributed by atoms with Gasteiger partial charge in [-0.15, -0.1) is 0 Å². The van der Waals surface area contributed by atoms with E-state index in [1.165, 1.54) is 0 Å². The van der Waals surface area contributed by atoms with Gasteiger partial charge in [-0.3, -0.25) is 4.79 Å². The van der Waals surface area contributed by atoms with Crippen molar-refractivity contribution in [1.82, 2.24) is 0 Å². The van der Waals surface area contributed by atoms with E-state index in [-0.39, 0.29) is 16.6 Å². The molecule has 0 saturated heterocycles. The van der Waals surface area contributed by atoms with Gasteiger partial charge in [-0.2, -0.15) is 0 Å². The Morgan fingerprint density at radius 1 is 1.27 bits per heavy atom. The molecule has 0 aromatic carbocycles. The number of carbonyl (C=O) groups excluding carboxylic acids is 1. The highest BCUT2D eigenvalue weighted by Gasteiger charge is 2.38. The van der Waals surface area contributed by atoms with E-state index in [0.717, 1.165) is 0 Å². The summed E-state index contributed by atoms with van der Waals surface area (Å²) >= 11 is 0. The summed E-state index contributed by atoms with van der Waals surface area (Å²) in [5, 5.41) is 0. The van der Waals surface area contributed by atoms with E-state index >= 15 is 0 Å². The number of hydrogen-bond donors (Lipinski definition) is 0. The van der Waals surface area contributed by atoms with Crippen molar-refractivity contribution in [3.8, 4) is 0 Å². The SMILES string of the molecule is CC1(C)C=CC(=O)CC1(C)C. The van der Waals surface area contributed by atoms with Gasteiger partial charge in [0.25, 0.3) is 0 Å². The lowest BCUT2D eigenvalue weighted by atomic mass is 9.63. The topological polar surface area (TPSA) is 17.1 Å². The van der Waals surface area contributed by atoms with Gasteiger partial charge < -0.3 is 0 Å². The smallest absolute Gasteiger partial charge is 0.155 e. The Hall–Kier alpha value is -0.590. The van der Waals surface area contributed by atoms with Gasteiger partial charge in [0.15, 0.2) is 5.78 Å². The fraction of sp³-hybridized carbons (Fsp3) is 0.700. The molecule has 0 fully saturated rings. The predicted molar refractivity (Wildman–Crippen MR) is 46.3 cm³/mol. The molecule has 0 aromatic rings. The van der Waals surface area contributed by atoms with E-state index in [0.29, 0.717) is 6.42 Å². The molecule has 0 bridgehead atoms. The molecule has 1 aliphatic carbocycles. The summed E-state index contributed by atoms with van der Waals surface area (Å²) in [6, 6.07) is 0. The molecule has 0 heterocycles. The largest absolute Gasteiger partial charge is 0.295 e. The van der Waals surface area contributed by atoms with Gasteiger partial charge in [0.2, 0.25) is 0 Å². The Balaban J connectivity index is 3.00. The van der Waals surface area contributed by atoms with Crippen LogP contribution in [0.3, 0.4) is 0 Å². The maximum Gasteiger partial charge on any atom is 0.155 e. The molecule has 0 spiro atoms. The minimum atomic E-state index is 0.110. The molecule has 11 heavy (non-hydrogen) atoms. The zero-order valence-corrected chi connectivity index (χ0v) is 7.77. The second-order valence-corrected chi connectivity index (χ2v) is 4.58. The number of ketones is 1. The number of hydrogen-bond acceptors (Lipinski definition) is 1. The Bertz CT molecular complexity index is 209. The third kappa shape index (κ3) is 1.37. The molecule has 0 unspecified atom stereocenters. The first kappa shape index (κ1) is 8.51. The maximum atomic E-state index is 11.1. The molecule has 1 nitrogen and oxygen atoms in total. The van der Waals surface area contributed by atoms with Crippen LogP contribution in [-0.4, -0.2) is 5.78 Å². The van der Waals surface area contributed by atoms with E-state index in [1.807, 2.05) is 6.08 Å². The van der Waals surface area contributed by atoms with E-state index in [1.54, 1.807) is 6.08 Å². The number of carbonyl (C=O) groups is 1. The Kier molecular flexibility index (Phi) is 1.70. The molecule has 1 rings (SSSR count). The van der Waals surface area contributed by atoms with Crippen LogP contribution < -0.4 is 0 Å². The van der Waals surface area contributed by atoms with Gasteiger partial charge in [-0.05, 0) is 16.9 Å². The van der Waals surface area contributed by atoms with Crippen LogP contribution >= 0.6 is 0 Å². The van der Waals surface area contributed by atoms with Gasteiger partial charge in [-0.25, -0.2) is 0 Å². The highest BCUT2D eigenvalue weighted by Crippen LogP contribution is 2.44. The predicted octanol–water partition coefficient (Wildman–Crippen LogP) is 2.57. The van der Waals surface area contributed by atoms with Gasteiger partial charge in [0, 0.05) is 6.42 Å². The zero-order chi connectivity index (χ0) is 8.70. The molecule has 0 radical (unpaired) electrons. The molecule has 0 aromatic heterocycles. The van der Waals surface area contributed by atoms with Gasteiger partial charge in [0.1, 0.15) is 0 Å². The average Bonchev–Trinajstić information content (AvgIpc) is 1.80. The van der Waals surface area contributed by atoms with Crippen molar-refractivity contribution in [1.29, 1.82) is 0 Å². The molecule has 0 saturated carbocycles. The molecule has 62 valence electrons. The van der Waals surface area contributed by atoms with Crippen LogP contribution in [-0.2, 0) is 4.79 Å². The van der Waals surface area contributed by atoms with E-state index in [9.17, 15) is 4.79 Å². The molecule has 1 aliphatic rings. The number of rotatable bonds is 0. The fourth-order valence-electron chi connectivity index (χ4n) is 1.25. The van der Waals surface area contributed by atoms with Crippen LogP contribution in [0.25, 0.3) is 0 Å². The summed E-state index contributed by atoms with van der Waals surface area (Å²) in [6.45, 7) is 8.65. The summed E-state index contributed by atoms with van der Waals surface area (Å²) in [5.41, 5.74) is 0.264. The first-order chi connectivity index (χ1) is 4.85. The zero-order valence-electron chi connectivity index (χ0n) is 7.77. The summed E-state index contributed by atoms with van der Waals surface area (Å²) in [4.78, 5) is 11.1. The molecule has 0 aliphatic heterocycles. The van der Waals surface area contributed by atoms with E-state index in [4.69, 9.17) is 0 Å². The van der Waals surface area contributed by atoms with Crippen molar-refractivity contribution in [2.45, 2.75) is 34.1 Å². The third-order valence-corrected chi connectivity index (χ3v) is 3.05. The molecule has 0 N–H and O–H groups in total. The van der Waals surface area contributed by atoms with Gasteiger partial charge >= 0.3 is 0 Å². The van der Waals surface area contributed by atoms with Crippen LogP contribution in [0.15, 0.2) is 12.2 Å². The van der Waals surface area contributed by atoms with E-state index < -0.39 is 0 Å². The summed E-state index contributed by atoms with van der Waals surface area (Å²) in [7, 11) is 0. The molecule has 0 atom stereocenters. The average molecular weight is 152 g/mol. The van der Waals surface area contributed by atoms with Gasteiger partial charge in [-0.1, -0.05) is 33.8 Å². The molecular weight excluding hydrogens is 136 g/mol. The summed E-state index contributed by atoms with van der Waals surface area (Å²) < 4.78 is 0. The second kappa shape index (κ2) is 2.20. The van der Waals surface area contributed by atoms with Crippen molar-refractivity contribution in [2.24, 2.45) is 10.8 Å². The monoisotopic (exact) mass is 152 g/mol. The summed E-state index contributed by atoms with van der Waals surface area (Å²) in [6.07, 6.45) is 4.42. The van der Waals surface area contributed by atoms with Crippen LogP contribution in [0, 0.1) is 10.8 Å².